The molecule has 0 N–H and O–H groups in total. The summed E-state index contributed by atoms with van der Waals surface area (Å²) < 4.78 is 5.13. The number of nitrogens with zero attached hydrogens (tertiary/aromatic N) is 1. The van der Waals surface area contributed by atoms with Crippen LogP contribution in [0.3, 0.4) is 0 Å². The van der Waals surface area contributed by atoms with E-state index in [1.807, 2.05) is 0 Å². The summed E-state index contributed by atoms with van der Waals surface area (Å²) >= 11 is 0. The molecule has 1 aliphatic rings. The van der Waals surface area contributed by atoms with Crippen LogP contribution in [0.5, 0.6) is 0 Å². The largest absolute Gasteiger partial charge is 0.383 e. The summed E-state index contributed by atoms with van der Waals surface area (Å²) in [6.07, 6.45) is 6.00. The van der Waals surface area contributed by atoms with Crippen molar-refractivity contribution in [2.75, 3.05) is 33.4 Å². The van der Waals surface area contributed by atoms with Gasteiger partial charge in [-0.3, -0.25) is 9.69 Å². The number of hydrogen-bond donors (Lipinski definition) is 0. The molecular formula is C15H29NO2. The van der Waals surface area contributed by atoms with Crippen LogP contribution in [0.15, 0.2) is 0 Å². The lowest BCUT2D eigenvalue weighted by atomic mass is 9.86. The van der Waals surface area contributed by atoms with E-state index in [1.54, 1.807) is 7.11 Å². The lowest BCUT2D eigenvalue weighted by Crippen LogP contribution is -2.38. The number of carbonyl (C=O) groups excluding carboxylic acids is 1. The first kappa shape index (κ1) is 15.6. The normalized spacial score (nSPS) is 17.6. The van der Waals surface area contributed by atoms with E-state index in [9.17, 15) is 4.79 Å². The summed E-state index contributed by atoms with van der Waals surface area (Å²) in [6.45, 7) is 7.58. The molecule has 0 saturated heterocycles. The monoisotopic (exact) mass is 255 g/mol. The summed E-state index contributed by atoms with van der Waals surface area (Å²) in [6, 6.07) is 0. The van der Waals surface area contributed by atoms with Gasteiger partial charge in [0.1, 0.15) is 5.78 Å². The maximum Gasteiger partial charge on any atom is 0.149 e. The lowest BCUT2D eigenvalue weighted by Gasteiger charge is -2.27. The van der Waals surface area contributed by atoms with Crippen LogP contribution in [0.1, 0.15) is 46.0 Å². The minimum Gasteiger partial charge on any atom is -0.383 e. The summed E-state index contributed by atoms with van der Waals surface area (Å²) in [4.78, 5) is 14.5. The molecule has 1 fully saturated rings. The molecule has 106 valence electrons. The smallest absolute Gasteiger partial charge is 0.149 e. The second-order valence-electron chi connectivity index (χ2n) is 5.92. The summed E-state index contributed by atoms with van der Waals surface area (Å²) in [5, 5.41) is 0. The van der Waals surface area contributed by atoms with Crippen LogP contribution in [0.4, 0.5) is 0 Å². The van der Waals surface area contributed by atoms with Gasteiger partial charge < -0.3 is 4.74 Å². The molecule has 1 rings (SSSR count). The number of hydrogen-bond acceptors (Lipinski definition) is 3. The number of ether oxygens (including phenoxy) is 1. The minimum absolute atomic E-state index is 0.330. The highest BCUT2D eigenvalue weighted by molar-refractivity contribution is 5.83. The van der Waals surface area contributed by atoms with Crippen LogP contribution >= 0.6 is 0 Å². The molecule has 0 aromatic heterocycles. The third kappa shape index (κ3) is 5.96. The molecule has 0 aromatic rings. The summed E-state index contributed by atoms with van der Waals surface area (Å²) in [5.41, 5.74) is 0. The van der Waals surface area contributed by atoms with Crippen molar-refractivity contribution in [3.05, 3.63) is 0 Å². The highest BCUT2D eigenvalue weighted by Gasteiger charge is 2.23. The van der Waals surface area contributed by atoms with E-state index in [0.717, 1.165) is 25.9 Å². The fourth-order valence-electron chi connectivity index (χ4n) is 2.75. The molecule has 1 saturated carbocycles. The molecule has 3 heteroatoms. The molecule has 0 radical (unpaired) electrons. The van der Waals surface area contributed by atoms with Crippen LogP contribution in [0.2, 0.25) is 0 Å². The van der Waals surface area contributed by atoms with E-state index in [1.165, 1.54) is 19.3 Å². The van der Waals surface area contributed by atoms with Crippen LogP contribution < -0.4 is 0 Å². The maximum absolute atomic E-state index is 12.3. The van der Waals surface area contributed by atoms with Gasteiger partial charge in [-0.1, -0.05) is 33.1 Å². The minimum atomic E-state index is 0.330. The number of methoxy groups -OCH3 is 1. The van der Waals surface area contributed by atoms with Gasteiger partial charge in [-0.25, -0.2) is 0 Å². The van der Waals surface area contributed by atoms with Gasteiger partial charge in [0.05, 0.1) is 13.2 Å². The van der Waals surface area contributed by atoms with E-state index in [2.05, 4.69) is 18.7 Å². The molecule has 0 aromatic carbocycles. The van der Waals surface area contributed by atoms with E-state index < -0.39 is 0 Å². The third-order valence-corrected chi connectivity index (χ3v) is 3.67. The Morgan fingerprint density at radius 1 is 1.28 bits per heavy atom. The van der Waals surface area contributed by atoms with Crippen LogP contribution in [0, 0.1) is 11.8 Å². The molecule has 0 heterocycles. The molecule has 0 atom stereocenters. The second-order valence-corrected chi connectivity index (χ2v) is 5.92. The van der Waals surface area contributed by atoms with Gasteiger partial charge in [-0.15, -0.1) is 0 Å². The van der Waals surface area contributed by atoms with Gasteiger partial charge in [0.2, 0.25) is 0 Å². The van der Waals surface area contributed by atoms with Gasteiger partial charge in [0.15, 0.2) is 0 Å². The van der Waals surface area contributed by atoms with Crippen molar-refractivity contribution in [2.45, 2.75) is 46.0 Å². The van der Waals surface area contributed by atoms with Crippen molar-refractivity contribution in [2.24, 2.45) is 11.8 Å². The molecule has 0 unspecified atom stereocenters. The Morgan fingerprint density at radius 2 is 1.94 bits per heavy atom. The van der Waals surface area contributed by atoms with Crippen LogP contribution in [0.25, 0.3) is 0 Å². The summed E-state index contributed by atoms with van der Waals surface area (Å²) in [5.74, 6) is 1.38. The predicted molar refractivity (Wildman–Crippen MR) is 74.7 cm³/mol. The Kier molecular flexibility index (Phi) is 7.52. The van der Waals surface area contributed by atoms with E-state index in [-0.39, 0.29) is 0 Å². The van der Waals surface area contributed by atoms with Crippen molar-refractivity contribution in [3.63, 3.8) is 0 Å². The van der Waals surface area contributed by atoms with Gasteiger partial charge in [0.25, 0.3) is 0 Å². The fraction of sp³-hybridized carbons (Fsp3) is 0.933. The molecule has 0 bridgehead atoms. The fourth-order valence-corrected chi connectivity index (χ4v) is 2.75. The van der Waals surface area contributed by atoms with Crippen molar-refractivity contribution >= 4 is 5.78 Å². The number of carbonyl (C=O) groups is 1. The molecule has 0 spiro atoms. The topological polar surface area (TPSA) is 29.5 Å². The second kappa shape index (κ2) is 8.65. The molecule has 0 amide bonds. The average molecular weight is 255 g/mol. The van der Waals surface area contributed by atoms with Gasteiger partial charge in [0, 0.05) is 26.1 Å². The first-order valence-corrected chi connectivity index (χ1v) is 7.37. The Labute approximate surface area is 112 Å². The Bertz CT molecular complexity index is 235. The first-order chi connectivity index (χ1) is 8.63. The molecular weight excluding hydrogens is 226 g/mol. The standard InChI is InChI=1S/C15H29NO2/c1-13(2)11-16(9-10-18-3)12-15(17)14-7-5-4-6-8-14/h13-14H,4-12H2,1-3H3. The zero-order chi connectivity index (χ0) is 13.4. The van der Waals surface area contributed by atoms with E-state index in [0.29, 0.717) is 30.8 Å². The van der Waals surface area contributed by atoms with E-state index in [4.69, 9.17) is 4.74 Å². The SMILES string of the molecule is COCCN(CC(=O)C1CCCCC1)CC(C)C. The number of rotatable bonds is 8. The lowest BCUT2D eigenvalue weighted by molar-refractivity contribution is -0.125. The Morgan fingerprint density at radius 3 is 2.50 bits per heavy atom. The highest BCUT2D eigenvalue weighted by Crippen LogP contribution is 2.24. The Balaban J connectivity index is 2.39. The Hall–Kier alpha value is -0.410. The molecule has 0 aliphatic heterocycles. The zero-order valence-electron chi connectivity index (χ0n) is 12.3. The van der Waals surface area contributed by atoms with Crippen molar-refractivity contribution in [1.82, 2.24) is 4.90 Å². The quantitative estimate of drug-likeness (QED) is 0.668. The number of Topliss-reactive ketones (excluding diaryl/α,β-unsaturated/α-hetero) is 1. The maximum atomic E-state index is 12.3. The summed E-state index contributed by atoms with van der Waals surface area (Å²) in [7, 11) is 1.72. The number of ketones is 1. The first-order valence-electron chi connectivity index (χ1n) is 7.37. The molecule has 18 heavy (non-hydrogen) atoms. The van der Waals surface area contributed by atoms with Gasteiger partial charge >= 0.3 is 0 Å². The van der Waals surface area contributed by atoms with E-state index >= 15 is 0 Å². The van der Waals surface area contributed by atoms with Crippen molar-refractivity contribution in [3.8, 4) is 0 Å². The van der Waals surface area contributed by atoms with Gasteiger partial charge in [-0.05, 0) is 18.8 Å². The molecule has 3 nitrogen and oxygen atoms in total. The third-order valence-electron chi connectivity index (χ3n) is 3.67. The van der Waals surface area contributed by atoms with Crippen LogP contribution in [-0.4, -0.2) is 44.0 Å². The zero-order valence-corrected chi connectivity index (χ0v) is 12.3. The highest BCUT2D eigenvalue weighted by atomic mass is 16.5. The van der Waals surface area contributed by atoms with Crippen LogP contribution in [-0.2, 0) is 9.53 Å². The van der Waals surface area contributed by atoms with Crippen molar-refractivity contribution in [1.29, 1.82) is 0 Å². The van der Waals surface area contributed by atoms with Gasteiger partial charge in [-0.2, -0.15) is 0 Å². The average Bonchev–Trinajstić information content (AvgIpc) is 2.36. The van der Waals surface area contributed by atoms with Crippen molar-refractivity contribution < 1.29 is 9.53 Å². The predicted octanol–water partition coefficient (Wildman–Crippen LogP) is 2.74. The molecule has 1 aliphatic carbocycles.